The molecule has 0 saturated carbocycles. The summed E-state index contributed by atoms with van der Waals surface area (Å²) in [6.45, 7) is 1.85. The molecule has 0 aliphatic carbocycles. The van der Waals surface area contributed by atoms with Gasteiger partial charge in [-0.3, -0.25) is 0 Å². The SMILES string of the molecule is Cc1oc(-c2nccs2)nc1CCl. The van der Waals surface area contributed by atoms with Crippen LogP contribution in [0.4, 0.5) is 0 Å². The highest BCUT2D eigenvalue weighted by Crippen LogP contribution is 2.23. The number of oxazole rings is 1. The van der Waals surface area contributed by atoms with Gasteiger partial charge in [0.1, 0.15) is 5.76 Å². The summed E-state index contributed by atoms with van der Waals surface area (Å²) < 4.78 is 5.40. The summed E-state index contributed by atoms with van der Waals surface area (Å²) in [5.74, 6) is 1.70. The molecule has 2 rings (SSSR count). The van der Waals surface area contributed by atoms with Crippen LogP contribution in [0.3, 0.4) is 0 Å². The maximum absolute atomic E-state index is 5.67. The van der Waals surface area contributed by atoms with Crippen LogP contribution in [0.15, 0.2) is 16.0 Å². The third-order valence-corrected chi connectivity index (χ3v) is 2.65. The maximum Gasteiger partial charge on any atom is 0.256 e. The largest absolute Gasteiger partial charge is 0.439 e. The molecule has 0 aliphatic rings. The minimum atomic E-state index is 0.376. The van der Waals surface area contributed by atoms with Crippen LogP contribution in [-0.2, 0) is 5.88 Å². The summed E-state index contributed by atoms with van der Waals surface area (Å²) in [6, 6.07) is 0. The molecule has 3 nitrogen and oxygen atoms in total. The molecule has 0 N–H and O–H groups in total. The van der Waals surface area contributed by atoms with Gasteiger partial charge in [-0.2, -0.15) is 0 Å². The third-order valence-electron chi connectivity index (χ3n) is 1.63. The van der Waals surface area contributed by atoms with Gasteiger partial charge in [-0.15, -0.1) is 22.9 Å². The van der Waals surface area contributed by atoms with E-state index in [2.05, 4.69) is 9.97 Å². The van der Waals surface area contributed by atoms with Crippen molar-refractivity contribution in [3.8, 4) is 10.9 Å². The van der Waals surface area contributed by atoms with Crippen molar-refractivity contribution in [2.75, 3.05) is 0 Å². The number of nitrogens with zero attached hydrogens (tertiary/aromatic N) is 2. The summed E-state index contributed by atoms with van der Waals surface area (Å²) in [7, 11) is 0. The Labute approximate surface area is 84.4 Å². The van der Waals surface area contributed by atoms with Gasteiger partial charge in [0.25, 0.3) is 5.89 Å². The van der Waals surface area contributed by atoms with E-state index in [1.807, 2.05) is 12.3 Å². The molecular weight excluding hydrogens is 208 g/mol. The van der Waals surface area contributed by atoms with Crippen LogP contribution in [0.5, 0.6) is 0 Å². The Hall–Kier alpha value is -0.870. The molecule has 0 aliphatic heterocycles. The van der Waals surface area contributed by atoms with Crippen LogP contribution < -0.4 is 0 Å². The summed E-state index contributed by atoms with van der Waals surface area (Å²) >= 11 is 7.17. The van der Waals surface area contributed by atoms with Crippen molar-refractivity contribution >= 4 is 22.9 Å². The Kier molecular flexibility index (Phi) is 2.33. The lowest BCUT2D eigenvalue weighted by molar-refractivity contribution is 0.540. The molecule has 0 radical (unpaired) electrons. The van der Waals surface area contributed by atoms with Crippen molar-refractivity contribution in [2.24, 2.45) is 0 Å². The molecule has 0 amide bonds. The quantitative estimate of drug-likeness (QED) is 0.722. The molecular formula is C8H7ClN2OS. The van der Waals surface area contributed by atoms with Crippen molar-refractivity contribution in [3.63, 3.8) is 0 Å². The van der Waals surface area contributed by atoms with Gasteiger partial charge in [-0.05, 0) is 6.92 Å². The van der Waals surface area contributed by atoms with Crippen molar-refractivity contribution in [2.45, 2.75) is 12.8 Å². The van der Waals surface area contributed by atoms with E-state index < -0.39 is 0 Å². The number of halogens is 1. The Bertz CT molecular complexity index is 396. The van der Waals surface area contributed by atoms with E-state index in [0.717, 1.165) is 16.5 Å². The van der Waals surface area contributed by atoms with E-state index in [1.54, 1.807) is 6.20 Å². The normalized spacial score (nSPS) is 10.6. The predicted molar refractivity (Wildman–Crippen MR) is 51.9 cm³/mol. The van der Waals surface area contributed by atoms with Gasteiger partial charge in [-0.25, -0.2) is 9.97 Å². The monoisotopic (exact) mass is 214 g/mol. The molecule has 0 bridgehead atoms. The first-order chi connectivity index (χ1) is 6.31. The minimum Gasteiger partial charge on any atom is -0.439 e. The zero-order chi connectivity index (χ0) is 9.26. The van der Waals surface area contributed by atoms with Gasteiger partial charge < -0.3 is 4.42 Å². The number of thiazole rings is 1. The fraction of sp³-hybridized carbons (Fsp3) is 0.250. The van der Waals surface area contributed by atoms with E-state index >= 15 is 0 Å². The molecule has 2 heterocycles. The fourth-order valence-electron chi connectivity index (χ4n) is 0.973. The number of hydrogen-bond acceptors (Lipinski definition) is 4. The Morgan fingerprint density at radius 1 is 1.62 bits per heavy atom. The maximum atomic E-state index is 5.67. The molecule has 0 fully saturated rings. The van der Waals surface area contributed by atoms with Gasteiger partial charge in [0.2, 0.25) is 0 Å². The highest BCUT2D eigenvalue weighted by Gasteiger charge is 2.11. The highest BCUT2D eigenvalue weighted by atomic mass is 35.5. The highest BCUT2D eigenvalue weighted by molar-refractivity contribution is 7.12. The van der Waals surface area contributed by atoms with E-state index in [9.17, 15) is 0 Å². The lowest BCUT2D eigenvalue weighted by atomic mass is 10.4. The third kappa shape index (κ3) is 1.59. The van der Waals surface area contributed by atoms with Crippen molar-refractivity contribution in [3.05, 3.63) is 23.0 Å². The Morgan fingerprint density at radius 3 is 3.00 bits per heavy atom. The lowest BCUT2D eigenvalue weighted by Crippen LogP contribution is -1.80. The molecule has 0 spiro atoms. The standard InChI is InChI=1S/C8H7ClN2OS/c1-5-6(4-9)11-7(12-5)8-10-2-3-13-8/h2-3H,4H2,1H3. The molecule has 2 aromatic rings. The molecule has 68 valence electrons. The second-order valence-electron chi connectivity index (χ2n) is 2.49. The topological polar surface area (TPSA) is 38.9 Å². The van der Waals surface area contributed by atoms with Crippen molar-refractivity contribution in [1.82, 2.24) is 9.97 Å². The van der Waals surface area contributed by atoms with Crippen molar-refractivity contribution in [1.29, 1.82) is 0 Å². The number of hydrogen-bond donors (Lipinski definition) is 0. The van der Waals surface area contributed by atoms with Crippen molar-refractivity contribution < 1.29 is 4.42 Å². The van der Waals surface area contributed by atoms with Gasteiger partial charge in [0.15, 0.2) is 5.01 Å². The number of aryl methyl sites for hydroxylation is 1. The second-order valence-corrected chi connectivity index (χ2v) is 3.65. The van der Waals surface area contributed by atoms with E-state index in [1.165, 1.54) is 11.3 Å². The predicted octanol–water partition coefficient (Wildman–Crippen LogP) is 2.85. The molecule has 2 aromatic heterocycles. The molecule has 0 unspecified atom stereocenters. The van der Waals surface area contributed by atoms with Gasteiger partial charge in [0.05, 0.1) is 11.6 Å². The summed E-state index contributed by atoms with van der Waals surface area (Å²) in [6.07, 6.45) is 1.72. The molecule has 0 saturated heterocycles. The van der Waals surface area contributed by atoms with Crippen LogP contribution >= 0.6 is 22.9 Å². The lowest BCUT2D eigenvalue weighted by Gasteiger charge is -1.83. The first-order valence-electron chi connectivity index (χ1n) is 3.73. The minimum absolute atomic E-state index is 0.376. The van der Waals surface area contributed by atoms with E-state index in [0.29, 0.717) is 11.8 Å². The molecule has 0 atom stereocenters. The Morgan fingerprint density at radius 2 is 2.46 bits per heavy atom. The van der Waals surface area contributed by atoms with E-state index in [4.69, 9.17) is 16.0 Å². The van der Waals surface area contributed by atoms with Crippen LogP contribution in [0, 0.1) is 6.92 Å². The van der Waals surface area contributed by atoms with Gasteiger partial charge in [0, 0.05) is 11.6 Å². The van der Waals surface area contributed by atoms with Crippen LogP contribution in [0.1, 0.15) is 11.5 Å². The summed E-state index contributed by atoms with van der Waals surface area (Å²) in [5, 5.41) is 2.68. The molecule has 0 aromatic carbocycles. The second kappa shape index (κ2) is 3.47. The fourth-order valence-corrected chi connectivity index (χ4v) is 1.78. The van der Waals surface area contributed by atoms with Gasteiger partial charge in [-0.1, -0.05) is 0 Å². The first kappa shape index (κ1) is 8.72. The van der Waals surface area contributed by atoms with Crippen LogP contribution in [-0.4, -0.2) is 9.97 Å². The van der Waals surface area contributed by atoms with E-state index in [-0.39, 0.29) is 0 Å². The zero-order valence-electron chi connectivity index (χ0n) is 6.95. The number of aromatic nitrogens is 2. The number of alkyl halides is 1. The zero-order valence-corrected chi connectivity index (χ0v) is 8.52. The van der Waals surface area contributed by atoms with Crippen LogP contribution in [0.2, 0.25) is 0 Å². The smallest absolute Gasteiger partial charge is 0.256 e. The van der Waals surface area contributed by atoms with Crippen LogP contribution in [0.25, 0.3) is 10.9 Å². The number of rotatable bonds is 2. The average Bonchev–Trinajstić information content (AvgIpc) is 2.71. The summed E-state index contributed by atoms with van der Waals surface area (Å²) in [4.78, 5) is 8.31. The Balaban J connectivity index is 2.43. The molecule has 13 heavy (non-hydrogen) atoms. The van der Waals surface area contributed by atoms with Gasteiger partial charge >= 0.3 is 0 Å². The average molecular weight is 215 g/mol. The molecule has 5 heteroatoms. The summed E-state index contributed by atoms with van der Waals surface area (Å²) in [5.41, 5.74) is 0.784. The first-order valence-corrected chi connectivity index (χ1v) is 5.15.